The van der Waals surface area contributed by atoms with Crippen LogP contribution in [-0.2, 0) is 11.4 Å². The van der Waals surface area contributed by atoms with Crippen LogP contribution in [0.25, 0.3) is 0 Å². The lowest BCUT2D eigenvalue weighted by Gasteiger charge is -2.24. The minimum atomic E-state index is -0.102. The fraction of sp³-hybridized carbons (Fsp3) is 0.533. The van der Waals surface area contributed by atoms with Crippen molar-refractivity contribution in [3.05, 3.63) is 23.8 Å². The zero-order valence-electron chi connectivity index (χ0n) is 11.3. The van der Waals surface area contributed by atoms with E-state index in [2.05, 4.69) is 5.32 Å². The number of amides is 1. The van der Waals surface area contributed by atoms with Crippen LogP contribution >= 0.6 is 0 Å². The lowest BCUT2D eigenvalue weighted by molar-refractivity contribution is -0.116. The first-order valence-corrected chi connectivity index (χ1v) is 6.80. The number of carbonyl (C=O) groups is 1. The molecule has 1 aromatic rings. The molecule has 1 fully saturated rings. The standard InChI is InChI=1S/C15H21NO3/c1-19-14-7-6-13(9-12(14)10-17)16-15(18)8-5-11-3-2-4-11/h6-7,9,11,17H,2-5,8,10H2,1H3,(H,16,18). The molecule has 1 amide bonds. The average molecular weight is 263 g/mol. The van der Waals surface area contributed by atoms with Crippen LogP contribution in [0.1, 0.15) is 37.7 Å². The highest BCUT2D eigenvalue weighted by atomic mass is 16.5. The molecule has 4 heteroatoms. The summed E-state index contributed by atoms with van der Waals surface area (Å²) in [5.41, 5.74) is 1.39. The number of hydrogen-bond acceptors (Lipinski definition) is 3. The Bertz CT molecular complexity index is 441. The highest BCUT2D eigenvalue weighted by molar-refractivity contribution is 5.90. The van der Waals surface area contributed by atoms with Gasteiger partial charge in [-0.1, -0.05) is 19.3 Å². The van der Waals surface area contributed by atoms with Crippen LogP contribution in [0.3, 0.4) is 0 Å². The molecule has 0 unspecified atom stereocenters. The second kappa shape index (κ2) is 6.57. The Morgan fingerprint density at radius 1 is 1.47 bits per heavy atom. The molecule has 19 heavy (non-hydrogen) atoms. The van der Waals surface area contributed by atoms with Gasteiger partial charge in [0.25, 0.3) is 0 Å². The number of ether oxygens (including phenoxy) is 1. The molecular formula is C15H21NO3. The van der Waals surface area contributed by atoms with Crippen molar-refractivity contribution in [2.45, 2.75) is 38.7 Å². The van der Waals surface area contributed by atoms with E-state index in [0.29, 0.717) is 23.4 Å². The fourth-order valence-corrected chi connectivity index (χ4v) is 2.32. The first-order valence-electron chi connectivity index (χ1n) is 6.80. The van der Waals surface area contributed by atoms with Crippen molar-refractivity contribution in [3.8, 4) is 5.75 Å². The van der Waals surface area contributed by atoms with Gasteiger partial charge >= 0.3 is 0 Å². The van der Waals surface area contributed by atoms with Crippen molar-refractivity contribution in [1.29, 1.82) is 0 Å². The van der Waals surface area contributed by atoms with E-state index in [1.165, 1.54) is 19.3 Å². The maximum Gasteiger partial charge on any atom is 0.224 e. The number of aliphatic hydroxyl groups is 1. The molecule has 0 atom stereocenters. The molecular weight excluding hydrogens is 242 g/mol. The Balaban J connectivity index is 1.88. The highest BCUT2D eigenvalue weighted by Crippen LogP contribution is 2.30. The predicted octanol–water partition coefficient (Wildman–Crippen LogP) is 2.71. The van der Waals surface area contributed by atoms with E-state index in [9.17, 15) is 9.90 Å². The lowest BCUT2D eigenvalue weighted by Crippen LogP contribution is -2.17. The van der Waals surface area contributed by atoms with Crippen molar-refractivity contribution in [2.75, 3.05) is 12.4 Å². The molecule has 1 aliphatic rings. The Labute approximate surface area is 113 Å². The Morgan fingerprint density at radius 2 is 2.26 bits per heavy atom. The van der Waals surface area contributed by atoms with Crippen LogP contribution in [0.15, 0.2) is 18.2 Å². The Kier molecular flexibility index (Phi) is 4.80. The van der Waals surface area contributed by atoms with Crippen LogP contribution in [0.4, 0.5) is 5.69 Å². The number of nitrogens with one attached hydrogen (secondary N) is 1. The number of hydrogen-bond donors (Lipinski definition) is 2. The topological polar surface area (TPSA) is 58.6 Å². The molecule has 1 saturated carbocycles. The summed E-state index contributed by atoms with van der Waals surface area (Å²) in [4.78, 5) is 11.8. The van der Waals surface area contributed by atoms with E-state index in [4.69, 9.17) is 4.74 Å². The number of aliphatic hydroxyl groups excluding tert-OH is 1. The van der Waals surface area contributed by atoms with Gasteiger partial charge in [-0.2, -0.15) is 0 Å². The minimum Gasteiger partial charge on any atom is -0.496 e. The molecule has 1 aromatic carbocycles. The fourth-order valence-electron chi connectivity index (χ4n) is 2.32. The first kappa shape index (κ1) is 13.9. The van der Waals surface area contributed by atoms with Gasteiger partial charge in [-0.25, -0.2) is 0 Å². The van der Waals surface area contributed by atoms with Crippen molar-refractivity contribution in [3.63, 3.8) is 0 Å². The Hall–Kier alpha value is -1.55. The number of rotatable bonds is 6. The van der Waals surface area contributed by atoms with Crippen LogP contribution in [-0.4, -0.2) is 18.1 Å². The molecule has 2 N–H and O–H groups in total. The van der Waals surface area contributed by atoms with E-state index in [0.717, 1.165) is 12.3 Å². The summed E-state index contributed by atoms with van der Waals surface area (Å²) in [6, 6.07) is 5.30. The largest absolute Gasteiger partial charge is 0.496 e. The van der Waals surface area contributed by atoms with Gasteiger partial charge in [0.15, 0.2) is 0 Å². The van der Waals surface area contributed by atoms with Gasteiger partial charge in [0, 0.05) is 17.7 Å². The van der Waals surface area contributed by atoms with Gasteiger partial charge in [-0.15, -0.1) is 0 Å². The van der Waals surface area contributed by atoms with Crippen molar-refractivity contribution >= 4 is 11.6 Å². The van der Waals surface area contributed by atoms with Gasteiger partial charge in [-0.05, 0) is 30.5 Å². The second-order valence-corrected chi connectivity index (χ2v) is 5.07. The lowest BCUT2D eigenvalue weighted by atomic mass is 9.82. The summed E-state index contributed by atoms with van der Waals surface area (Å²) in [5, 5.41) is 12.1. The summed E-state index contributed by atoms with van der Waals surface area (Å²) in [6.07, 6.45) is 5.40. The number of benzene rings is 1. The van der Waals surface area contributed by atoms with Crippen molar-refractivity contribution < 1.29 is 14.6 Å². The van der Waals surface area contributed by atoms with Crippen LogP contribution in [0.2, 0.25) is 0 Å². The number of carbonyl (C=O) groups excluding carboxylic acids is 1. The zero-order valence-corrected chi connectivity index (χ0v) is 11.3. The maximum atomic E-state index is 11.8. The predicted molar refractivity (Wildman–Crippen MR) is 74.1 cm³/mol. The third-order valence-corrected chi connectivity index (χ3v) is 3.74. The normalized spacial score (nSPS) is 14.8. The van der Waals surface area contributed by atoms with E-state index in [1.54, 1.807) is 25.3 Å². The summed E-state index contributed by atoms with van der Waals surface area (Å²) in [7, 11) is 1.56. The molecule has 104 valence electrons. The van der Waals surface area contributed by atoms with Gasteiger partial charge in [0.05, 0.1) is 13.7 Å². The van der Waals surface area contributed by atoms with Crippen molar-refractivity contribution in [2.24, 2.45) is 5.92 Å². The smallest absolute Gasteiger partial charge is 0.224 e. The molecule has 0 aromatic heterocycles. The van der Waals surface area contributed by atoms with E-state index in [1.807, 2.05) is 0 Å². The van der Waals surface area contributed by atoms with E-state index < -0.39 is 0 Å². The third-order valence-electron chi connectivity index (χ3n) is 3.74. The molecule has 4 nitrogen and oxygen atoms in total. The van der Waals surface area contributed by atoms with Crippen LogP contribution in [0, 0.1) is 5.92 Å². The van der Waals surface area contributed by atoms with Gasteiger partial charge in [-0.3, -0.25) is 4.79 Å². The molecule has 0 bridgehead atoms. The monoisotopic (exact) mass is 263 g/mol. The zero-order chi connectivity index (χ0) is 13.7. The van der Waals surface area contributed by atoms with Crippen molar-refractivity contribution in [1.82, 2.24) is 0 Å². The molecule has 1 aliphatic carbocycles. The van der Waals surface area contributed by atoms with Gasteiger partial charge in [0.2, 0.25) is 5.91 Å². The molecule has 0 heterocycles. The highest BCUT2D eigenvalue weighted by Gasteiger charge is 2.18. The number of anilines is 1. The summed E-state index contributed by atoms with van der Waals surface area (Å²) >= 11 is 0. The molecule has 2 rings (SSSR count). The van der Waals surface area contributed by atoms with Gasteiger partial charge in [0.1, 0.15) is 5.75 Å². The summed E-state index contributed by atoms with van der Waals surface area (Å²) in [6.45, 7) is -0.102. The molecule has 0 spiro atoms. The van der Waals surface area contributed by atoms with E-state index >= 15 is 0 Å². The molecule has 0 saturated heterocycles. The second-order valence-electron chi connectivity index (χ2n) is 5.07. The average Bonchev–Trinajstić information content (AvgIpc) is 2.36. The summed E-state index contributed by atoms with van der Waals surface area (Å²) in [5.74, 6) is 1.42. The molecule has 0 aliphatic heterocycles. The summed E-state index contributed by atoms with van der Waals surface area (Å²) < 4.78 is 5.12. The first-order chi connectivity index (χ1) is 9.22. The molecule has 0 radical (unpaired) electrons. The minimum absolute atomic E-state index is 0.0426. The maximum absolute atomic E-state index is 11.8. The van der Waals surface area contributed by atoms with Gasteiger partial charge < -0.3 is 15.2 Å². The SMILES string of the molecule is COc1ccc(NC(=O)CCC2CCC2)cc1CO. The quantitative estimate of drug-likeness (QED) is 0.829. The van der Waals surface area contributed by atoms with Crippen LogP contribution < -0.4 is 10.1 Å². The van der Waals surface area contributed by atoms with Crippen LogP contribution in [0.5, 0.6) is 5.75 Å². The Morgan fingerprint density at radius 3 is 2.84 bits per heavy atom. The van der Waals surface area contributed by atoms with E-state index in [-0.39, 0.29) is 12.5 Å². The third kappa shape index (κ3) is 3.70. The number of methoxy groups -OCH3 is 1.